The average Bonchev–Trinajstić information content (AvgIpc) is 2.30. The second kappa shape index (κ2) is 5.68. The van der Waals surface area contributed by atoms with Crippen molar-refractivity contribution in [1.29, 1.82) is 0 Å². The summed E-state index contributed by atoms with van der Waals surface area (Å²) < 4.78 is 5.05. The summed E-state index contributed by atoms with van der Waals surface area (Å²) in [6.07, 6.45) is 0.662. The number of carbonyl (C=O) groups is 1. The molecule has 1 aromatic carbocycles. The maximum absolute atomic E-state index is 12.0. The van der Waals surface area contributed by atoms with Crippen LogP contribution in [0.25, 0.3) is 0 Å². The second-order valence-electron chi connectivity index (χ2n) is 4.61. The van der Waals surface area contributed by atoms with Crippen LogP contribution in [0.5, 0.6) is 5.75 Å². The first kappa shape index (κ1) is 13.5. The number of amides is 1. The summed E-state index contributed by atoms with van der Waals surface area (Å²) in [7, 11) is 1.61. The SMILES string of the molecule is COc1ccc(NC(=O)C(C)(C)CCN)cc1. The highest BCUT2D eigenvalue weighted by atomic mass is 16.5. The van der Waals surface area contributed by atoms with Gasteiger partial charge >= 0.3 is 0 Å². The Kier molecular flexibility index (Phi) is 4.52. The molecule has 0 aliphatic heterocycles. The molecule has 0 fully saturated rings. The van der Waals surface area contributed by atoms with E-state index in [0.717, 1.165) is 11.4 Å². The molecule has 0 spiro atoms. The van der Waals surface area contributed by atoms with Gasteiger partial charge in [0.1, 0.15) is 5.75 Å². The van der Waals surface area contributed by atoms with Crippen molar-refractivity contribution in [2.24, 2.45) is 11.1 Å². The van der Waals surface area contributed by atoms with E-state index in [-0.39, 0.29) is 5.91 Å². The van der Waals surface area contributed by atoms with Crippen molar-refractivity contribution in [1.82, 2.24) is 0 Å². The predicted molar refractivity (Wildman–Crippen MR) is 69.1 cm³/mol. The van der Waals surface area contributed by atoms with E-state index in [1.165, 1.54) is 0 Å². The standard InChI is InChI=1S/C13H20N2O2/c1-13(2,8-9-14)12(16)15-10-4-6-11(17-3)7-5-10/h4-7H,8-9,14H2,1-3H3,(H,15,16). The first-order chi connectivity index (χ1) is 7.99. The van der Waals surface area contributed by atoms with E-state index in [2.05, 4.69) is 5.32 Å². The fraction of sp³-hybridized carbons (Fsp3) is 0.462. The number of nitrogens with one attached hydrogen (secondary N) is 1. The third kappa shape index (κ3) is 3.75. The lowest BCUT2D eigenvalue weighted by Crippen LogP contribution is -2.32. The highest BCUT2D eigenvalue weighted by molar-refractivity contribution is 5.94. The van der Waals surface area contributed by atoms with Gasteiger partial charge in [0.2, 0.25) is 5.91 Å². The third-order valence-electron chi connectivity index (χ3n) is 2.73. The van der Waals surface area contributed by atoms with Gasteiger partial charge in [0.15, 0.2) is 0 Å². The maximum Gasteiger partial charge on any atom is 0.230 e. The Bertz CT molecular complexity index is 372. The Labute approximate surface area is 102 Å². The van der Waals surface area contributed by atoms with Crippen LogP contribution in [-0.2, 0) is 4.79 Å². The fourth-order valence-corrected chi connectivity index (χ4v) is 1.45. The molecule has 0 aliphatic carbocycles. The lowest BCUT2D eigenvalue weighted by molar-refractivity contribution is -0.124. The van der Waals surface area contributed by atoms with Crippen molar-refractivity contribution < 1.29 is 9.53 Å². The van der Waals surface area contributed by atoms with E-state index in [1.807, 2.05) is 38.1 Å². The molecule has 1 amide bonds. The van der Waals surface area contributed by atoms with E-state index in [1.54, 1.807) is 7.11 Å². The van der Waals surface area contributed by atoms with E-state index in [4.69, 9.17) is 10.5 Å². The number of benzene rings is 1. The number of hydrogen-bond donors (Lipinski definition) is 2. The van der Waals surface area contributed by atoms with Gasteiger partial charge in [-0.2, -0.15) is 0 Å². The largest absolute Gasteiger partial charge is 0.497 e. The molecule has 0 heterocycles. The Morgan fingerprint density at radius 3 is 2.41 bits per heavy atom. The fourth-order valence-electron chi connectivity index (χ4n) is 1.45. The molecule has 4 heteroatoms. The number of carbonyl (C=O) groups excluding carboxylic acids is 1. The van der Waals surface area contributed by atoms with Gasteiger partial charge in [-0.15, -0.1) is 0 Å². The van der Waals surface area contributed by atoms with Gasteiger partial charge in [-0.1, -0.05) is 13.8 Å². The molecule has 1 aromatic rings. The van der Waals surface area contributed by atoms with Gasteiger partial charge in [0, 0.05) is 11.1 Å². The molecule has 3 N–H and O–H groups in total. The van der Waals surface area contributed by atoms with E-state index >= 15 is 0 Å². The summed E-state index contributed by atoms with van der Waals surface area (Å²) in [6, 6.07) is 7.25. The minimum Gasteiger partial charge on any atom is -0.497 e. The van der Waals surface area contributed by atoms with Gasteiger partial charge < -0.3 is 15.8 Å². The van der Waals surface area contributed by atoms with Crippen molar-refractivity contribution in [3.05, 3.63) is 24.3 Å². The molecular formula is C13H20N2O2. The minimum absolute atomic E-state index is 0.0203. The molecule has 17 heavy (non-hydrogen) atoms. The van der Waals surface area contributed by atoms with Crippen molar-refractivity contribution >= 4 is 11.6 Å². The van der Waals surface area contributed by atoms with Crippen molar-refractivity contribution in [2.75, 3.05) is 19.0 Å². The molecule has 0 aliphatic rings. The molecule has 0 bridgehead atoms. The van der Waals surface area contributed by atoms with Crippen LogP contribution in [0.15, 0.2) is 24.3 Å². The Balaban J connectivity index is 2.67. The van der Waals surface area contributed by atoms with Gasteiger partial charge in [0.25, 0.3) is 0 Å². The first-order valence-corrected chi connectivity index (χ1v) is 5.65. The number of rotatable bonds is 5. The van der Waals surface area contributed by atoms with Crippen LogP contribution >= 0.6 is 0 Å². The van der Waals surface area contributed by atoms with Crippen molar-refractivity contribution in [2.45, 2.75) is 20.3 Å². The predicted octanol–water partition coefficient (Wildman–Crippen LogP) is 2.01. The molecule has 4 nitrogen and oxygen atoms in total. The van der Waals surface area contributed by atoms with Crippen molar-refractivity contribution in [3.8, 4) is 5.75 Å². The molecule has 0 atom stereocenters. The smallest absolute Gasteiger partial charge is 0.230 e. The Morgan fingerprint density at radius 1 is 1.35 bits per heavy atom. The van der Waals surface area contributed by atoms with Gasteiger partial charge in [-0.25, -0.2) is 0 Å². The van der Waals surface area contributed by atoms with Crippen molar-refractivity contribution in [3.63, 3.8) is 0 Å². The van der Waals surface area contributed by atoms with Crippen LogP contribution in [0.2, 0.25) is 0 Å². The van der Waals surface area contributed by atoms with Gasteiger partial charge in [-0.05, 0) is 37.2 Å². The quantitative estimate of drug-likeness (QED) is 0.822. The molecule has 0 saturated heterocycles. The zero-order valence-corrected chi connectivity index (χ0v) is 10.6. The average molecular weight is 236 g/mol. The van der Waals surface area contributed by atoms with Crippen LogP contribution in [0.1, 0.15) is 20.3 Å². The third-order valence-corrected chi connectivity index (χ3v) is 2.73. The first-order valence-electron chi connectivity index (χ1n) is 5.65. The molecule has 0 aromatic heterocycles. The number of anilines is 1. The Hall–Kier alpha value is -1.55. The molecule has 0 radical (unpaired) electrons. The lowest BCUT2D eigenvalue weighted by atomic mass is 9.88. The number of ether oxygens (including phenoxy) is 1. The second-order valence-corrected chi connectivity index (χ2v) is 4.61. The normalized spacial score (nSPS) is 11.1. The molecule has 0 saturated carbocycles. The molecule has 94 valence electrons. The topological polar surface area (TPSA) is 64.3 Å². The monoisotopic (exact) mass is 236 g/mol. The summed E-state index contributed by atoms with van der Waals surface area (Å²) in [4.78, 5) is 12.0. The summed E-state index contributed by atoms with van der Waals surface area (Å²) in [5.41, 5.74) is 5.80. The lowest BCUT2D eigenvalue weighted by Gasteiger charge is -2.22. The number of nitrogens with two attached hydrogens (primary N) is 1. The van der Waals surface area contributed by atoms with E-state index < -0.39 is 5.41 Å². The molecule has 0 unspecified atom stereocenters. The van der Waals surface area contributed by atoms with E-state index in [9.17, 15) is 4.79 Å². The number of hydrogen-bond acceptors (Lipinski definition) is 3. The zero-order chi connectivity index (χ0) is 12.9. The van der Waals surface area contributed by atoms with Gasteiger partial charge in [-0.3, -0.25) is 4.79 Å². The van der Waals surface area contributed by atoms with Crippen LogP contribution in [-0.4, -0.2) is 19.6 Å². The summed E-state index contributed by atoms with van der Waals surface area (Å²) in [6.45, 7) is 4.28. The maximum atomic E-state index is 12.0. The van der Waals surface area contributed by atoms with E-state index in [0.29, 0.717) is 13.0 Å². The van der Waals surface area contributed by atoms with Crippen LogP contribution < -0.4 is 15.8 Å². The minimum atomic E-state index is -0.450. The van der Waals surface area contributed by atoms with Crippen LogP contribution in [0.3, 0.4) is 0 Å². The van der Waals surface area contributed by atoms with Crippen LogP contribution in [0.4, 0.5) is 5.69 Å². The Morgan fingerprint density at radius 2 is 1.94 bits per heavy atom. The summed E-state index contributed by atoms with van der Waals surface area (Å²) in [5.74, 6) is 0.748. The number of methoxy groups -OCH3 is 1. The van der Waals surface area contributed by atoms with Crippen LogP contribution in [0, 0.1) is 5.41 Å². The summed E-state index contributed by atoms with van der Waals surface area (Å²) in [5, 5.41) is 2.87. The molecule has 1 rings (SSSR count). The zero-order valence-electron chi connectivity index (χ0n) is 10.6. The van der Waals surface area contributed by atoms with Gasteiger partial charge in [0.05, 0.1) is 7.11 Å². The highest BCUT2D eigenvalue weighted by Crippen LogP contribution is 2.23. The summed E-state index contributed by atoms with van der Waals surface area (Å²) >= 11 is 0. The molecular weight excluding hydrogens is 216 g/mol. The highest BCUT2D eigenvalue weighted by Gasteiger charge is 2.26.